The van der Waals surface area contributed by atoms with Crippen LogP contribution in [0.5, 0.6) is 0 Å². The first kappa shape index (κ1) is 16.4. The van der Waals surface area contributed by atoms with Crippen molar-refractivity contribution in [3.8, 4) is 0 Å². The third-order valence-electron chi connectivity index (χ3n) is 4.77. The van der Waals surface area contributed by atoms with Gasteiger partial charge in [-0.25, -0.2) is 0 Å². The number of carbonyl (C=O) groups is 1. The number of aromatic nitrogens is 1. The molecule has 1 N–H and O–H groups in total. The Morgan fingerprint density at radius 3 is 2.84 bits per heavy atom. The second-order valence-electron chi connectivity index (χ2n) is 6.71. The zero-order valence-corrected chi connectivity index (χ0v) is 14.4. The molecule has 3 heterocycles. The Hall–Kier alpha value is -2.12. The maximum absolute atomic E-state index is 12.4. The Bertz CT molecular complexity index is 728. The van der Waals surface area contributed by atoms with Crippen LogP contribution in [-0.2, 0) is 4.74 Å². The highest BCUT2D eigenvalue weighted by Gasteiger charge is 2.30. The molecule has 0 unspecified atom stereocenters. The number of aryl methyl sites for hydroxylation is 1. The number of nitrogens with one attached hydrogen (secondary N) is 1. The number of rotatable bonds is 6. The summed E-state index contributed by atoms with van der Waals surface area (Å²) in [6.45, 7) is 5.40. The minimum atomic E-state index is -0.211. The zero-order chi connectivity index (χ0) is 17.2. The van der Waals surface area contributed by atoms with E-state index in [2.05, 4.69) is 15.4 Å². The molecule has 1 saturated carbocycles. The van der Waals surface area contributed by atoms with Crippen LogP contribution >= 0.6 is 0 Å². The molecule has 1 amide bonds. The minimum absolute atomic E-state index is 0.0173. The third-order valence-corrected chi connectivity index (χ3v) is 4.77. The summed E-state index contributed by atoms with van der Waals surface area (Å²) in [5.74, 6) is 2.78. The van der Waals surface area contributed by atoms with Crippen LogP contribution in [0.15, 0.2) is 27.1 Å². The molecular weight excluding hydrogens is 322 g/mol. The van der Waals surface area contributed by atoms with Gasteiger partial charge in [0.15, 0.2) is 5.69 Å². The van der Waals surface area contributed by atoms with Gasteiger partial charge < -0.3 is 19.0 Å². The summed E-state index contributed by atoms with van der Waals surface area (Å²) >= 11 is 0. The lowest BCUT2D eigenvalue weighted by atomic mass is 10.1. The molecule has 2 aromatic rings. The first-order valence-corrected chi connectivity index (χ1v) is 8.83. The van der Waals surface area contributed by atoms with Crippen LogP contribution in [-0.4, -0.2) is 48.8 Å². The van der Waals surface area contributed by atoms with E-state index in [1.807, 2.05) is 19.1 Å². The Morgan fingerprint density at radius 2 is 2.16 bits per heavy atom. The van der Waals surface area contributed by atoms with Crippen LogP contribution in [0.3, 0.4) is 0 Å². The maximum atomic E-state index is 12.4. The molecule has 25 heavy (non-hydrogen) atoms. The van der Waals surface area contributed by atoms with Crippen LogP contribution in [0.25, 0.3) is 0 Å². The summed E-state index contributed by atoms with van der Waals surface area (Å²) in [6.07, 6.45) is 2.24. The molecule has 2 aromatic heterocycles. The molecule has 4 rings (SSSR count). The highest BCUT2D eigenvalue weighted by atomic mass is 16.5. The second-order valence-corrected chi connectivity index (χ2v) is 6.71. The van der Waals surface area contributed by atoms with Gasteiger partial charge in [0.25, 0.3) is 5.91 Å². The van der Waals surface area contributed by atoms with Crippen LogP contribution < -0.4 is 5.32 Å². The maximum Gasteiger partial charge on any atom is 0.273 e. The molecule has 7 heteroatoms. The van der Waals surface area contributed by atoms with Gasteiger partial charge in [-0.1, -0.05) is 5.16 Å². The smallest absolute Gasteiger partial charge is 0.273 e. The largest absolute Gasteiger partial charge is 0.465 e. The molecule has 1 saturated heterocycles. The number of furan rings is 1. The van der Waals surface area contributed by atoms with Crippen LogP contribution in [0, 0.1) is 6.92 Å². The quantitative estimate of drug-likeness (QED) is 0.865. The molecule has 134 valence electrons. The average Bonchev–Trinajstić information content (AvgIpc) is 3.20. The van der Waals surface area contributed by atoms with E-state index in [0.29, 0.717) is 31.4 Å². The van der Waals surface area contributed by atoms with E-state index in [9.17, 15) is 4.79 Å². The lowest BCUT2D eigenvalue weighted by Gasteiger charge is -2.33. The van der Waals surface area contributed by atoms with Gasteiger partial charge in [0, 0.05) is 31.6 Å². The first-order valence-electron chi connectivity index (χ1n) is 8.83. The number of morpholine rings is 1. The number of ether oxygens (including phenoxy) is 1. The SMILES string of the molecule is Cc1ccc([C@H](CNC(=O)c2cc(C3CC3)on2)N2CCOCC2)o1. The van der Waals surface area contributed by atoms with Gasteiger partial charge in [0.1, 0.15) is 17.3 Å². The average molecular weight is 345 g/mol. The highest BCUT2D eigenvalue weighted by molar-refractivity contribution is 5.92. The summed E-state index contributed by atoms with van der Waals surface area (Å²) in [6, 6.07) is 5.66. The van der Waals surface area contributed by atoms with E-state index in [0.717, 1.165) is 43.2 Å². The molecule has 0 aromatic carbocycles. The van der Waals surface area contributed by atoms with Crippen LogP contribution in [0.1, 0.15) is 52.6 Å². The van der Waals surface area contributed by atoms with Crippen LogP contribution in [0.4, 0.5) is 0 Å². The van der Waals surface area contributed by atoms with E-state index < -0.39 is 0 Å². The van der Waals surface area contributed by atoms with Crippen molar-refractivity contribution in [1.29, 1.82) is 0 Å². The Morgan fingerprint density at radius 1 is 1.36 bits per heavy atom. The predicted octanol–water partition coefficient (Wildman–Crippen LogP) is 2.26. The minimum Gasteiger partial charge on any atom is -0.465 e. The van der Waals surface area contributed by atoms with Gasteiger partial charge >= 0.3 is 0 Å². The van der Waals surface area contributed by atoms with Crippen molar-refractivity contribution in [1.82, 2.24) is 15.4 Å². The van der Waals surface area contributed by atoms with E-state index in [1.54, 1.807) is 6.07 Å². The fourth-order valence-corrected chi connectivity index (χ4v) is 3.17. The van der Waals surface area contributed by atoms with Crippen molar-refractivity contribution in [2.24, 2.45) is 0 Å². The van der Waals surface area contributed by atoms with E-state index >= 15 is 0 Å². The van der Waals surface area contributed by atoms with Crippen LogP contribution in [0.2, 0.25) is 0 Å². The molecular formula is C18H23N3O4. The molecule has 0 radical (unpaired) electrons. The Balaban J connectivity index is 1.43. The topological polar surface area (TPSA) is 80.7 Å². The lowest BCUT2D eigenvalue weighted by molar-refractivity contribution is 0.0116. The second kappa shape index (κ2) is 7.01. The standard InChI is InChI=1S/C18H23N3O4/c1-12-2-5-16(24-12)15(21-6-8-23-9-7-21)11-19-18(22)14-10-17(25-20-14)13-3-4-13/h2,5,10,13,15H,3-4,6-9,11H2,1H3,(H,19,22)/t15-/m0/s1. The van der Waals surface area contributed by atoms with Gasteiger partial charge in [0.05, 0.1) is 19.3 Å². The number of hydrogen-bond acceptors (Lipinski definition) is 6. The molecule has 0 spiro atoms. The summed E-state index contributed by atoms with van der Waals surface area (Å²) in [7, 11) is 0. The summed E-state index contributed by atoms with van der Waals surface area (Å²) in [4.78, 5) is 14.7. The summed E-state index contributed by atoms with van der Waals surface area (Å²) in [5.41, 5.74) is 0.346. The number of nitrogens with zero attached hydrogens (tertiary/aromatic N) is 2. The van der Waals surface area contributed by atoms with Crippen molar-refractivity contribution >= 4 is 5.91 Å². The molecule has 7 nitrogen and oxygen atoms in total. The van der Waals surface area contributed by atoms with Gasteiger partial charge in [0.2, 0.25) is 0 Å². The fourth-order valence-electron chi connectivity index (χ4n) is 3.17. The first-order chi connectivity index (χ1) is 12.2. The molecule has 2 fully saturated rings. The van der Waals surface area contributed by atoms with Crippen molar-refractivity contribution in [3.05, 3.63) is 41.2 Å². The summed E-state index contributed by atoms with van der Waals surface area (Å²) < 4.78 is 16.5. The Kier molecular flexibility index (Phi) is 4.59. The number of hydrogen-bond donors (Lipinski definition) is 1. The third kappa shape index (κ3) is 3.77. The number of carbonyl (C=O) groups excluding carboxylic acids is 1. The van der Waals surface area contributed by atoms with Crippen molar-refractivity contribution in [2.75, 3.05) is 32.8 Å². The summed E-state index contributed by atoms with van der Waals surface area (Å²) in [5, 5.41) is 6.87. The van der Waals surface area contributed by atoms with Crippen molar-refractivity contribution in [2.45, 2.75) is 31.7 Å². The van der Waals surface area contributed by atoms with E-state index in [4.69, 9.17) is 13.7 Å². The molecule has 1 atom stereocenters. The van der Waals surface area contributed by atoms with Gasteiger partial charge in [-0.2, -0.15) is 0 Å². The molecule has 0 bridgehead atoms. The zero-order valence-electron chi connectivity index (χ0n) is 14.4. The van der Waals surface area contributed by atoms with E-state index in [1.165, 1.54) is 0 Å². The molecule has 2 aliphatic rings. The normalized spacial score (nSPS) is 19.7. The van der Waals surface area contributed by atoms with Crippen molar-refractivity contribution in [3.63, 3.8) is 0 Å². The highest BCUT2D eigenvalue weighted by Crippen LogP contribution is 2.40. The van der Waals surface area contributed by atoms with E-state index in [-0.39, 0.29) is 11.9 Å². The van der Waals surface area contributed by atoms with Gasteiger partial charge in [-0.15, -0.1) is 0 Å². The van der Waals surface area contributed by atoms with Crippen molar-refractivity contribution < 1.29 is 18.5 Å². The predicted molar refractivity (Wildman–Crippen MR) is 89.4 cm³/mol. The lowest BCUT2D eigenvalue weighted by Crippen LogP contribution is -2.43. The fraction of sp³-hybridized carbons (Fsp3) is 0.556. The monoisotopic (exact) mass is 345 g/mol. The Labute approximate surface area is 146 Å². The molecule has 1 aliphatic heterocycles. The molecule has 1 aliphatic carbocycles. The van der Waals surface area contributed by atoms with Gasteiger partial charge in [-0.05, 0) is 31.9 Å². The number of amides is 1. The van der Waals surface area contributed by atoms with Gasteiger partial charge in [-0.3, -0.25) is 9.69 Å².